The molecule has 1 heterocycles. The van der Waals surface area contributed by atoms with Crippen molar-refractivity contribution in [1.82, 2.24) is 4.57 Å². The number of fused-ring (bicyclic) bond motifs is 3. The van der Waals surface area contributed by atoms with Crippen molar-refractivity contribution >= 4 is 33.5 Å². The normalized spacial score (nSPS) is 10.8. The van der Waals surface area contributed by atoms with Gasteiger partial charge < -0.3 is 9.30 Å². The Bertz CT molecular complexity index is 927. The van der Waals surface area contributed by atoms with Crippen molar-refractivity contribution in [3.05, 3.63) is 65.2 Å². The highest BCUT2D eigenvalue weighted by molar-refractivity contribution is 6.08. The molecule has 0 aliphatic heterocycles. The number of carbonyl (C=O) groups is 1. The Kier molecular flexibility index (Phi) is 3.80. The van der Waals surface area contributed by atoms with Crippen molar-refractivity contribution in [3.63, 3.8) is 0 Å². The smallest absolute Gasteiger partial charge is 0.330 e. The Morgan fingerprint density at radius 2 is 1.96 bits per heavy atom. The first-order valence-corrected chi connectivity index (χ1v) is 7.06. The summed E-state index contributed by atoms with van der Waals surface area (Å²) >= 11 is 0. The summed E-state index contributed by atoms with van der Waals surface area (Å²) in [5, 5.41) is 12.7. The van der Waals surface area contributed by atoms with Crippen LogP contribution >= 0.6 is 0 Å². The average Bonchev–Trinajstić information content (AvgIpc) is 2.88. The van der Waals surface area contributed by atoms with Gasteiger partial charge in [0.25, 0.3) is 5.69 Å². The van der Waals surface area contributed by atoms with Crippen LogP contribution in [-0.4, -0.2) is 22.1 Å². The first-order valence-electron chi connectivity index (χ1n) is 7.06. The molecule has 0 saturated carbocycles. The van der Waals surface area contributed by atoms with E-state index in [0.29, 0.717) is 6.54 Å². The summed E-state index contributed by atoms with van der Waals surface area (Å²) in [5.41, 5.74) is 1.86. The van der Waals surface area contributed by atoms with Crippen LogP contribution in [0.3, 0.4) is 0 Å². The topological polar surface area (TPSA) is 74.4 Å². The van der Waals surface area contributed by atoms with E-state index in [1.807, 2.05) is 28.8 Å². The summed E-state index contributed by atoms with van der Waals surface area (Å²) in [5.74, 6) is -0.471. The SMILES string of the molecule is C=CC(=O)OCCn1c2ccccc2c2cc([N+](=O)[O-])ccc21. The third-order valence-electron chi connectivity index (χ3n) is 3.69. The molecule has 0 saturated heterocycles. The fraction of sp³-hybridized carbons (Fsp3) is 0.118. The van der Waals surface area contributed by atoms with E-state index in [2.05, 4.69) is 6.58 Å². The van der Waals surface area contributed by atoms with E-state index in [1.165, 1.54) is 6.07 Å². The molecule has 23 heavy (non-hydrogen) atoms. The van der Waals surface area contributed by atoms with Gasteiger partial charge in [0.05, 0.1) is 11.5 Å². The second-order valence-corrected chi connectivity index (χ2v) is 5.00. The molecular weight excluding hydrogens is 296 g/mol. The summed E-state index contributed by atoms with van der Waals surface area (Å²) in [4.78, 5) is 21.8. The maximum atomic E-state index is 11.2. The van der Waals surface area contributed by atoms with E-state index in [9.17, 15) is 14.9 Å². The Balaban J connectivity index is 2.09. The molecule has 0 amide bonds. The largest absolute Gasteiger partial charge is 0.461 e. The van der Waals surface area contributed by atoms with Crippen LogP contribution in [0.25, 0.3) is 21.8 Å². The lowest BCUT2D eigenvalue weighted by Gasteiger charge is -2.07. The standard InChI is InChI=1S/C17H14N2O4/c1-2-17(20)23-10-9-18-15-6-4-3-5-13(15)14-11-12(19(21)22)7-8-16(14)18/h2-8,11H,1,9-10H2. The maximum Gasteiger partial charge on any atom is 0.330 e. The number of rotatable bonds is 5. The van der Waals surface area contributed by atoms with Crippen LogP contribution in [0.1, 0.15) is 0 Å². The number of benzene rings is 2. The molecule has 0 aliphatic carbocycles. The van der Waals surface area contributed by atoms with Gasteiger partial charge in [-0.25, -0.2) is 4.79 Å². The number of hydrogen-bond acceptors (Lipinski definition) is 4. The number of nitro benzene ring substituents is 1. The second kappa shape index (κ2) is 5.92. The number of ether oxygens (including phenoxy) is 1. The number of para-hydroxylation sites is 1. The molecule has 6 heteroatoms. The van der Waals surface area contributed by atoms with E-state index >= 15 is 0 Å². The number of non-ortho nitro benzene ring substituents is 1. The molecule has 0 atom stereocenters. The van der Waals surface area contributed by atoms with Crippen molar-refractivity contribution in [3.8, 4) is 0 Å². The Morgan fingerprint density at radius 3 is 2.70 bits per heavy atom. The van der Waals surface area contributed by atoms with Crippen LogP contribution in [0.5, 0.6) is 0 Å². The van der Waals surface area contributed by atoms with E-state index in [1.54, 1.807) is 12.1 Å². The zero-order chi connectivity index (χ0) is 16.4. The Hall–Kier alpha value is -3.15. The fourth-order valence-corrected chi connectivity index (χ4v) is 2.69. The molecule has 3 aromatic rings. The number of aromatic nitrogens is 1. The lowest BCUT2D eigenvalue weighted by atomic mass is 10.1. The Labute approximate surface area is 131 Å². The highest BCUT2D eigenvalue weighted by Gasteiger charge is 2.14. The van der Waals surface area contributed by atoms with Gasteiger partial charge in [-0.1, -0.05) is 24.8 Å². The van der Waals surface area contributed by atoms with E-state index in [4.69, 9.17) is 4.74 Å². The molecule has 1 aromatic heterocycles. The Morgan fingerprint density at radius 1 is 1.22 bits per heavy atom. The molecule has 0 N–H and O–H groups in total. The van der Waals surface area contributed by atoms with Gasteiger partial charge in [0.1, 0.15) is 6.61 Å². The van der Waals surface area contributed by atoms with Crippen molar-refractivity contribution in [2.24, 2.45) is 0 Å². The van der Waals surface area contributed by atoms with E-state index in [-0.39, 0.29) is 12.3 Å². The van der Waals surface area contributed by atoms with Crippen LogP contribution in [0.2, 0.25) is 0 Å². The highest BCUT2D eigenvalue weighted by Crippen LogP contribution is 2.31. The molecule has 2 aromatic carbocycles. The van der Waals surface area contributed by atoms with E-state index in [0.717, 1.165) is 27.9 Å². The number of hydrogen-bond donors (Lipinski definition) is 0. The number of nitrogens with zero attached hydrogens (tertiary/aromatic N) is 2. The molecule has 0 spiro atoms. The minimum Gasteiger partial charge on any atom is -0.461 e. The molecule has 0 unspecified atom stereocenters. The second-order valence-electron chi connectivity index (χ2n) is 5.00. The summed E-state index contributed by atoms with van der Waals surface area (Å²) in [6.45, 7) is 4.02. The van der Waals surface area contributed by atoms with Crippen molar-refractivity contribution in [1.29, 1.82) is 0 Å². The third kappa shape index (κ3) is 2.66. The third-order valence-corrected chi connectivity index (χ3v) is 3.69. The first kappa shape index (κ1) is 14.8. The number of esters is 1. The predicted molar refractivity (Wildman–Crippen MR) is 87.3 cm³/mol. The maximum absolute atomic E-state index is 11.2. The van der Waals surface area contributed by atoms with Gasteiger partial charge in [0.2, 0.25) is 0 Å². The quantitative estimate of drug-likeness (QED) is 0.313. The van der Waals surface area contributed by atoms with Crippen molar-refractivity contribution < 1.29 is 14.5 Å². The minimum absolute atomic E-state index is 0.0542. The highest BCUT2D eigenvalue weighted by atomic mass is 16.6. The summed E-state index contributed by atoms with van der Waals surface area (Å²) in [6, 6.07) is 12.4. The molecule has 3 rings (SSSR count). The molecule has 0 radical (unpaired) electrons. The monoisotopic (exact) mass is 310 g/mol. The first-order chi connectivity index (χ1) is 11.1. The molecule has 116 valence electrons. The molecule has 0 bridgehead atoms. The van der Waals surface area contributed by atoms with Gasteiger partial charge in [-0.05, 0) is 12.1 Å². The van der Waals surface area contributed by atoms with Gasteiger partial charge in [-0.15, -0.1) is 0 Å². The van der Waals surface area contributed by atoms with Gasteiger partial charge >= 0.3 is 5.97 Å². The summed E-state index contributed by atoms with van der Waals surface area (Å²) in [7, 11) is 0. The van der Waals surface area contributed by atoms with Crippen LogP contribution in [-0.2, 0) is 16.1 Å². The lowest BCUT2D eigenvalue weighted by molar-refractivity contribution is -0.384. The minimum atomic E-state index is -0.471. The van der Waals surface area contributed by atoms with Gasteiger partial charge in [0.15, 0.2) is 0 Å². The molecule has 6 nitrogen and oxygen atoms in total. The summed E-state index contributed by atoms with van der Waals surface area (Å²) < 4.78 is 7.03. The van der Waals surface area contributed by atoms with Crippen LogP contribution < -0.4 is 0 Å². The number of nitro groups is 1. The molecule has 0 fully saturated rings. The van der Waals surface area contributed by atoms with Crippen LogP contribution in [0, 0.1) is 10.1 Å². The van der Waals surface area contributed by atoms with Crippen LogP contribution in [0.4, 0.5) is 5.69 Å². The zero-order valence-electron chi connectivity index (χ0n) is 12.3. The van der Waals surface area contributed by atoms with Gasteiger partial charge in [-0.3, -0.25) is 10.1 Å². The predicted octanol–water partition coefficient (Wildman–Crippen LogP) is 3.43. The van der Waals surface area contributed by atoms with Crippen molar-refractivity contribution in [2.45, 2.75) is 6.54 Å². The lowest BCUT2D eigenvalue weighted by Crippen LogP contribution is -2.09. The number of carbonyl (C=O) groups excluding carboxylic acids is 1. The van der Waals surface area contributed by atoms with E-state index < -0.39 is 10.9 Å². The van der Waals surface area contributed by atoms with Crippen LogP contribution in [0.15, 0.2) is 55.1 Å². The average molecular weight is 310 g/mol. The van der Waals surface area contributed by atoms with Gasteiger partial charge in [-0.2, -0.15) is 0 Å². The molecule has 0 aliphatic rings. The summed E-state index contributed by atoms with van der Waals surface area (Å²) in [6.07, 6.45) is 1.12. The fourth-order valence-electron chi connectivity index (χ4n) is 2.69. The van der Waals surface area contributed by atoms with Gasteiger partial charge in [0, 0.05) is 40.0 Å². The van der Waals surface area contributed by atoms with Crippen molar-refractivity contribution in [2.75, 3.05) is 6.61 Å². The molecular formula is C17H14N2O4. The zero-order valence-corrected chi connectivity index (χ0v) is 12.3.